The molecule has 1 aliphatic heterocycles. The molecule has 1 fully saturated rings. The number of ether oxygens (including phenoxy) is 1. The zero-order valence-corrected chi connectivity index (χ0v) is 23.7. The van der Waals surface area contributed by atoms with Crippen molar-refractivity contribution in [1.82, 2.24) is 24.7 Å². The van der Waals surface area contributed by atoms with Gasteiger partial charge in [-0.2, -0.15) is 4.31 Å². The number of hydroxylamine groups is 1. The molecule has 40 heavy (non-hydrogen) atoms. The Morgan fingerprint density at radius 1 is 1.05 bits per heavy atom. The summed E-state index contributed by atoms with van der Waals surface area (Å²) < 4.78 is 34.0. The Labute approximate surface area is 235 Å². The van der Waals surface area contributed by atoms with Crippen molar-refractivity contribution in [1.29, 1.82) is 0 Å². The van der Waals surface area contributed by atoms with Crippen molar-refractivity contribution in [2.24, 2.45) is 0 Å². The molecule has 0 unspecified atom stereocenters. The molecule has 0 spiro atoms. The highest BCUT2D eigenvalue weighted by atomic mass is 32.2. The SMILES string of the molecule is CCN(CCN(C)S(=O)(=O)c1ccc(-c2ccccc2OCCN2CCCC2)cc1)c1ncc(C(=O)NO)cn1. The summed E-state index contributed by atoms with van der Waals surface area (Å²) in [5, 5.41) is 8.74. The summed E-state index contributed by atoms with van der Waals surface area (Å²) >= 11 is 0. The van der Waals surface area contributed by atoms with Crippen LogP contribution in [0.5, 0.6) is 5.75 Å². The average Bonchev–Trinajstić information content (AvgIpc) is 3.51. The number of carbonyl (C=O) groups excluding carboxylic acids is 1. The number of nitrogens with one attached hydrogen (secondary N) is 1. The first kappa shape index (κ1) is 29.4. The van der Waals surface area contributed by atoms with Crippen LogP contribution in [0.1, 0.15) is 30.1 Å². The number of nitrogens with zero attached hydrogens (tertiary/aromatic N) is 5. The molecule has 214 valence electrons. The van der Waals surface area contributed by atoms with Crippen LogP contribution < -0.4 is 15.1 Å². The van der Waals surface area contributed by atoms with E-state index in [1.54, 1.807) is 29.2 Å². The van der Waals surface area contributed by atoms with Crippen LogP contribution in [0.3, 0.4) is 0 Å². The maximum absolute atomic E-state index is 13.3. The van der Waals surface area contributed by atoms with Crippen LogP contribution in [0, 0.1) is 0 Å². The smallest absolute Gasteiger partial charge is 0.277 e. The second-order valence-electron chi connectivity index (χ2n) is 9.54. The molecule has 0 atom stereocenters. The van der Waals surface area contributed by atoms with E-state index in [1.165, 1.54) is 42.1 Å². The zero-order valence-electron chi connectivity index (χ0n) is 22.9. The van der Waals surface area contributed by atoms with Crippen molar-refractivity contribution >= 4 is 21.9 Å². The molecule has 0 aliphatic carbocycles. The quantitative estimate of drug-likeness (QED) is 0.236. The van der Waals surface area contributed by atoms with Gasteiger partial charge < -0.3 is 9.64 Å². The third-order valence-corrected chi connectivity index (χ3v) is 8.85. The summed E-state index contributed by atoms with van der Waals surface area (Å²) in [7, 11) is -2.19. The lowest BCUT2D eigenvalue weighted by Crippen LogP contribution is -2.37. The van der Waals surface area contributed by atoms with Crippen molar-refractivity contribution < 1.29 is 23.2 Å². The van der Waals surface area contributed by atoms with Gasteiger partial charge >= 0.3 is 0 Å². The highest BCUT2D eigenvalue weighted by molar-refractivity contribution is 7.89. The topological polar surface area (TPSA) is 128 Å². The van der Waals surface area contributed by atoms with Crippen LogP contribution in [0.25, 0.3) is 11.1 Å². The van der Waals surface area contributed by atoms with Crippen LogP contribution >= 0.6 is 0 Å². The molecule has 2 N–H and O–H groups in total. The van der Waals surface area contributed by atoms with E-state index in [2.05, 4.69) is 14.9 Å². The number of rotatable bonds is 13. The van der Waals surface area contributed by atoms with Crippen molar-refractivity contribution in [3.05, 3.63) is 66.5 Å². The minimum Gasteiger partial charge on any atom is -0.492 e. The molecule has 12 heteroatoms. The third kappa shape index (κ3) is 7.13. The van der Waals surface area contributed by atoms with Gasteiger partial charge in [0, 0.05) is 51.2 Å². The normalized spacial score (nSPS) is 13.9. The third-order valence-electron chi connectivity index (χ3n) is 6.98. The van der Waals surface area contributed by atoms with Gasteiger partial charge in [0.15, 0.2) is 0 Å². The van der Waals surface area contributed by atoms with E-state index in [4.69, 9.17) is 9.94 Å². The molecular weight excluding hydrogens is 532 g/mol. The summed E-state index contributed by atoms with van der Waals surface area (Å²) in [6.45, 7) is 6.73. The van der Waals surface area contributed by atoms with E-state index in [0.717, 1.165) is 36.5 Å². The van der Waals surface area contributed by atoms with Crippen molar-refractivity contribution in [2.45, 2.75) is 24.7 Å². The summed E-state index contributed by atoms with van der Waals surface area (Å²) in [4.78, 5) is 24.2. The molecule has 0 radical (unpaired) electrons. The number of para-hydroxylation sites is 1. The molecule has 1 aliphatic rings. The van der Waals surface area contributed by atoms with E-state index in [-0.39, 0.29) is 17.0 Å². The molecular formula is C28H36N6O5S. The van der Waals surface area contributed by atoms with Crippen LogP contribution in [0.2, 0.25) is 0 Å². The molecule has 0 bridgehead atoms. The lowest BCUT2D eigenvalue weighted by molar-refractivity contribution is 0.0705. The monoisotopic (exact) mass is 568 g/mol. The fourth-order valence-corrected chi connectivity index (χ4v) is 5.72. The zero-order chi connectivity index (χ0) is 28.5. The number of anilines is 1. The lowest BCUT2D eigenvalue weighted by Gasteiger charge is -2.24. The highest BCUT2D eigenvalue weighted by Gasteiger charge is 2.22. The Balaban J connectivity index is 1.38. The Morgan fingerprint density at radius 3 is 2.38 bits per heavy atom. The van der Waals surface area contributed by atoms with Crippen LogP contribution in [-0.2, 0) is 10.0 Å². The molecule has 1 aromatic heterocycles. The van der Waals surface area contributed by atoms with E-state index in [1.807, 2.05) is 31.2 Å². The first-order chi connectivity index (χ1) is 19.3. The first-order valence-corrected chi connectivity index (χ1v) is 14.8. The minimum absolute atomic E-state index is 0.113. The molecule has 0 saturated carbocycles. The molecule has 1 amide bonds. The van der Waals surface area contributed by atoms with Gasteiger partial charge in [0.1, 0.15) is 12.4 Å². The van der Waals surface area contributed by atoms with Crippen molar-refractivity contribution in [3.63, 3.8) is 0 Å². The van der Waals surface area contributed by atoms with Gasteiger partial charge in [-0.25, -0.2) is 23.9 Å². The Morgan fingerprint density at radius 2 is 1.73 bits per heavy atom. The number of sulfonamides is 1. The average molecular weight is 569 g/mol. The number of amides is 1. The number of carbonyl (C=O) groups is 1. The van der Waals surface area contributed by atoms with Crippen LogP contribution in [0.4, 0.5) is 5.95 Å². The second-order valence-corrected chi connectivity index (χ2v) is 11.6. The summed E-state index contributed by atoms with van der Waals surface area (Å²) in [6, 6.07) is 14.6. The second kappa shape index (κ2) is 13.7. The fourth-order valence-electron chi connectivity index (χ4n) is 4.56. The molecule has 2 heterocycles. The number of likely N-dealkylation sites (N-methyl/N-ethyl adjacent to an activating group) is 2. The molecule has 4 rings (SSSR count). The fraction of sp³-hybridized carbons (Fsp3) is 0.393. The standard InChI is InChI=1S/C28H36N6O5S/c1-3-34(28-29-20-23(21-30-28)27(35)31-36)17-16-32(2)40(37,38)24-12-10-22(11-13-24)25-8-4-5-9-26(25)39-19-18-33-14-6-7-15-33/h4-5,8-13,20-21,36H,3,6-7,14-19H2,1-2H3,(H,31,35). The molecule has 1 saturated heterocycles. The molecule has 3 aromatic rings. The van der Waals surface area contributed by atoms with Crippen LogP contribution in [0.15, 0.2) is 65.8 Å². The number of aromatic nitrogens is 2. The van der Waals surface area contributed by atoms with Gasteiger partial charge in [-0.15, -0.1) is 0 Å². The largest absolute Gasteiger partial charge is 0.492 e. The predicted octanol–water partition coefficient (Wildman–Crippen LogP) is 2.88. The molecule has 11 nitrogen and oxygen atoms in total. The minimum atomic E-state index is -3.73. The maximum Gasteiger partial charge on any atom is 0.277 e. The summed E-state index contributed by atoms with van der Waals surface area (Å²) in [5.41, 5.74) is 3.45. The number of hydrogen-bond donors (Lipinski definition) is 2. The summed E-state index contributed by atoms with van der Waals surface area (Å²) in [6.07, 6.45) is 5.09. The predicted molar refractivity (Wildman–Crippen MR) is 152 cm³/mol. The lowest BCUT2D eigenvalue weighted by atomic mass is 10.1. The van der Waals surface area contributed by atoms with E-state index in [9.17, 15) is 13.2 Å². The van der Waals surface area contributed by atoms with E-state index >= 15 is 0 Å². The van der Waals surface area contributed by atoms with Gasteiger partial charge in [0.25, 0.3) is 5.91 Å². The number of likely N-dealkylation sites (tertiary alicyclic amines) is 1. The Hall–Kier alpha value is -3.58. The van der Waals surface area contributed by atoms with E-state index in [0.29, 0.717) is 25.6 Å². The maximum atomic E-state index is 13.3. The highest BCUT2D eigenvalue weighted by Crippen LogP contribution is 2.31. The first-order valence-electron chi connectivity index (χ1n) is 13.4. The Kier molecular flexibility index (Phi) is 10.0. The van der Waals surface area contributed by atoms with Gasteiger partial charge in [-0.05, 0) is 56.6 Å². The van der Waals surface area contributed by atoms with Gasteiger partial charge in [0.2, 0.25) is 16.0 Å². The number of hydrogen-bond acceptors (Lipinski definition) is 9. The van der Waals surface area contributed by atoms with Crippen LogP contribution in [-0.4, -0.2) is 91.6 Å². The summed E-state index contributed by atoms with van der Waals surface area (Å²) in [5.74, 6) is 0.426. The van der Waals surface area contributed by atoms with Gasteiger partial charge in [-0.3, -0.25) is 14.9 Å². The van der Waals surface area contributed by atoms with Crippen molar-refractivity contribution in [3.8, 4) is 16.9 Å². The number of benzene rings is 2. The Bertz CT molecular complexity index is 1360. The molecule has 2 aromatic carbocycles. The van der Waals surface area contributed by atoms with Gasteiger partial charge in [0.05, 0.1) is 10.5 Å². The van der Waals surface area contributed by atoms with Crippen molar-refractivity contribution in [2.75, 3.05) is 57.8 Å². The van der Waals surface area contributed by atoms with Gasteiger partial charge in [-0.1, -0.05) is 30.3 Å². The van der Waals surface area contributed by atoms with E-state index < -0.39 is 15.9 Å².